The maximum absolute atomic E-state index is 14.0. The van der Waals surface area contributed by atoms with Crippen LogP contribution in [0.4, 0.5) is 10.8 Å². The molecule has 8 heteroatoms. The highest BCUT2D eigenvalue weighted by atomic mass is 32.1. The van der Waals surface area contributed by atoms with Crippen molar-refractivity contribution in [2.75, 3.05) is 24.9 Å². The van der Waals surface area contributed by atoms with Crippen molar-refractivity contribution < 1.29 is 19.1 Å². The number of hydrogen-bond donors (Lipinski definition) is 2. The Morgan fingerprint density at radius 3 is 2.20 bits per heavy atom. The van der Waals surface area contributed by atoms with Crippen LogP contribution in [0.3, 0.4) is 0 Å². The van der Waals surface area contributed by atoms with Crippen molar-refractivity contribution in [3.8, 4) is 22.8 Å². The highest BCUT2D eigenvalue weighted by Gasteiger charge is 2.54. The van der Waals surface area contributed by atoms with Crippen LogP contribution in [0.25, 0.3) is 11.3 Å². The first-order valence-electron chi connectivity index (χ1n) is 14.5. The van der Waals surface area contributed by atoms with Crippen molar-refractivity contribution in [2.45, 2.75) is 25.2 Å². The molecule has 0 aliphatic heterocycles. The van der Waals surface area contributed by atoms with Crippen LogP contribution in [0.1, 0.15) is 57.8 Å². The molecule has 0 fully saturated rings. The molecule has 3 aliphatic rings. The van der Waals surface area contributed by atoms with E-state index in [4.69, 9.17) is 14.5 Å². The number of ether oxygens (including phenoxy) is 2. The van der Waals surface area contributed by atoms with Gasteiger partial charge in [0.1, 0.15) is 0 Å². The van der Waals surface area contributed by atoms with E-state index in [1.165, 1.54) is 40.7 Å². The van der Waals surface area contributed by atoms with Crippen LogP contribution in [0.2, 0.25) is 0 Å². The van der Waals surface area contributed by atoms with Crippen molar-refractivity contribution in [3.05, 3.63) is 124 Å². The fourth-order valence-corrected chi connectivity index (χ4v) is 7.61. The standard InChI is InChI=1S/C36H31N3O4S/c1-36(19-27-23-12-4-6-14-25(23)31(36)26-15-7-5-13-24(26)27)34(41)39-35-38-29(20-44-35)21-10-8-11-22(18-21)33(40)37-28-16-9-17-30(42-2)32(28)43-3/h4-18,20,27,31H,19H2,1-3H3,(H,37,40)(H,38,39,41). The van der Waals surface area contributed by atoms with Gasteiger partial charge in [-0.25, -0.2) is 4.98 Å². The molecule has 220 valence electrons. The molecule has 1 aromatic heterocycles. The summed E-state index contributed by atoms with van der Waals surface area (Å²) in [6.45, 7) is 2.08. The van der Waals surface area contributed by atoms with Crippen LogP contribution in [-0.4, -0.2) is 31.0 Å². The number of hydrogen-bond acceptors (Lipinski definition) is 6. The number of benzene rings is 4. The number of nitrogens with one attached hydrogen (secondary N) is 2. The molecule has 3 aliphatic carbocycles. The number of fused-ring (bicyclic) bond motifs is 1. The molecule has 44 heavy (non-hydrogen) atoms. The first kappa shape index (κ1) is 27.9. The number of methoxy groups -OCH3 is 2. The fourth-order valence-electron chi connectivity index (χ4n) is 6.89. The summed E-state index contributed by atoms with van der Waals surface area (Å²) in [5.74, 6) is 0.810. The molecule has 2 bridgehead atoms. The Morgan fingerprint density at radius 2 is 1.52 bits per heavy atom. The van der Waals surface area contributed by atoms with Gasteiger partial charge in [0.15, 0.2) is 16.6 Å². The third-order valence-electron chi connectivity index (χ3n) is 8.95. The largest absolute Gasteiger partial charge is 0.493 e. The van der Waals surface area contributed by atoms with Gasteiger partial charge in [0, 0.05) is 28.3 Å². The third-order valence-corrected chi connectivity index (χ3v) is 9.70. The summed E-state index contributed by atoms with van der Waals surface area (Å²) < 4.78 is 10.8. The zero-order chi connectivity index (χ0) is 30.4. The molecular formula is C36H31N3O4S. The van der Waals surface area contributed by atoms with Gasteiger partial charge < -0.3 is 20.1 Å². The van der Waals surface area contributed by atoms with Crippen molar-refractivity contribution >= 4 is 34.0 Å². The van der Waals surface area contributed by atoms with E-state index in [9.17, 15) is 9.59 Å². The minimum absolute atomic E-state index is 0.0298. The minimum Gasteiger partial charge on any atom is -0.493 e. The monoisotopic (exact) mass is 601 g/mol. The summed E-state index contributed by atoms with van der Waals surface area (Å²) in [7, 11) is 3.08. The van der Waals surface area contributed by atoms with Crippen molar-refractivity contribution in [3.63, 3.8) is 0 Å². The van der Waals surface area contributed by atoms with Gasteiger partial charge >= 0.3 is 0 Å². The maximum Gasteiger partial charge on any atom is 0.255 e. The molecule has 0 radical (unpaired) electrons. The van der Waals surface area contributed by atoms with Crippen LogP contribution >= 0.6 is 11.3 Å². The topological polar surface area (TPSA) is 89.6 Å². The van der Waals surface area contributed by atoms with Crippen molar-refractivity contribution in [2.24, 2.45) is 5.41 Å². The third kappa shape index (κ3) is 4.53. The zero-order valence-electron chi connectivity index (χ0n) is 24.6. The highest BCUT2D eigenvalue weighted by molar-refractivity contribution is 7.14. The minimum atomic E-state index is -0.627. The molecule has 5 aromatic rings. The van der Waals surface area contributed by atoms with Gasteiger partial charge in [-0.3, -0.25) is 9.59 Å². The van der Waals surface area contributed by atoms with E-state index in [1.807, 2.05) is 17.5 Å². The maximum atomic E-state index is 14.0. The normalized spacial score (nSPS) is 19.4. The lowest BCUT2D eigenvalue weighted by molar-refractivity contribution is -0.126. The van der Waals surface area contributed by atoms with Crippen molar-refractivity contribution in [1.82, 2.24) is 4.98 Å². The van der Waals surface area contributed by atoms with Gasteiger partial charge in [-0.05, 0) is 59.9 Å². The van der Waals surface area contributed by atoms with E-state index in [1.54, 1.807) is 37.4 Å². The number of carbonyl (C=O) groups excluding carboxylic acids is 2. The molecule has 4 aromatic carbocycles. The second-order valence-electron chi connectivity index (χ2n) is 11.4. The number of rotatable bonds is 7. The van der Waals surface area contributed by atoms with Crippen LogP contribution in [-0.2, 0) is 4.79 Å². The van der Waals surface area contributed by atoms with E-state index in [0.717, 1.165) is 12.0 Å². The first-order valence-corrected chi connectivity index (χ1v) is 15.4. The highest BCUT2D eigenvalue weighted by Crippen LogP contribution is 2.61. The number of carbonyl (C=O) groups is 2. The molecule has 1 heterocycles. The molecule has 0 spiro atoms. The molecule has 2 amide bonds. The second-order valence-corrected chi connectivity index (χ2v) is 12.3. The lowest BCUT2D eigenvalue weighted by Crippen LogP contribution is -2.47. The lowest BCUT2D eigenvalue weighted by Gasteiger charge is -2.50. The SMILES string of the molecule is COc1cccc(NC(=O)c2cccc(-c3csc(NC(=O)C4(C)CC5c6ccccc6C4c4ccccc45)n3)c2)c1OC. The van der Waals surface area contributed by atoms with Gasteiger partial charge in [0.25, 0.3) is 5.91 Å². The number of aromatic nitrogens is 1. The van der Waals surface area contributed by atoms with E-state index in [-0.39, 0.29) is 23.7 Å². The first-order chi connectivity index (χ1) is 21.4. The van der Waals surface area contributed by atoms with Gasteiger partial charge in [-0.15, -0.1) is 11.3 Å². The number of thiazole rings is 1. The number of anilines is 2. The summed E-state index contributed by atoms with van der Waals surface area (Å²) in [5, 5.41) is 8.49. The van der Waals surface area contributed by atoms with E-state index in [2.05, 4.69) is 66.1 Å². The number of nitrogens with zero attached hydrogens (tertiary/aromatic N) is 1. The summed E-state index contributed by atoms with van der Waals surface area (Å²) in [6.07, 6.45) is 0.741. The van der Waals surface area contributed by atoms with Crippen LogP contribution in [0.15, 0.2) is 96.4 Å². The number of para-hydroxylation sites is 1. The van der Waals surface area contributed by atoms with E-state index < -0.39 is 5.41 Å². The zero-order valence-corrected chi connectivity index (χ0v) is 25.4. The Balaban J connectivity index is 1.11. The van der Waals surface area contributed by atoms with E-state index >= 15 is 0 Å². The van der Waals surface area contributed by atoms with Gasteiger partial charge in [0.2, 0.25) is 5.91 Å². The Bertz CT molecular complexity index is 1870. The Hall–Kier alpha value is -4.95. The van der Waals surface area contributed by atoms with Gasteiger partial charge in [0.05, 0.1) is 31.0 Å². The number of amides is 2. The molecule has 0 saturated heterocycles. The molecular weight excluding hydrogens is 570 g/mol. The summed E-state index contributed by atoms with van der Waals surface area (Å²) in [5.41, 5.74) is 6.94. The predicted molar refractivity (Wildman–Crippen MR) is 173 cm³/mol. The second kappa shape index (κ2) is 11.0. The predicted octanol–water partition coefficient (Wildman–Crippen LogP) is 7.71. The van der Waals surface area contributed by atoms with Crippen LogP contribution in [0.5, 0.6) is 11.5 Å². The lowest BCUT2D eigenvalue weighted by atomic mass is 9.52. The molecule has 0 saturated carbocycles. The average Bonchev–Trinajstić information content (AvgIpc) is 3.53. The molecule has 1 unspecified atom stereocenters. The van der Waals surface area contributed by atoms with Gasteiger partial charge in [-0.2, -0.15) is 0 Å². The molecule has 2 N–H and O–H groups in total. The Morgan fingerprint density at radius 1 is 0.841 bits per heavy atom. The van der Waals surface area contributed by atoms with Gasteiger partial charge in [-0.1, -0.05) is 66.7 Å². The summed E-state index contributed by atoms with van der Waals surface area (Å²) in [6, 6.07) is 29.6. The molecule has 1 atom stereocenters. The molecule has 8 rings (SSSR count). The smallest absolute Gasteiger partial charge is 0.255 e. The Kier molecular flexibility index (Phi) is 6.94. The quantitative estimate of drug-likeness (QED) is 0.200. The average molecular weight is 602 g/mol. The summed E-state index contributed by atoms with van der Waals surface area (Å²) in [4.78, 5) is 32.0. The molecule has 7 nitrogen and oxygen atoms in total. The van der Waals surface area contributed by atoms with Crippen LogP contribution < -0.4 is 20.1 Å². The van der Waals surface area contributed by atoms with Crippen LogP contribution in [0, 0.1) is 5.41 Å². The Labute approximate surface area is 259 Å². The van der Waals surface area contributed by atoms with Crippen molar-refractivity contribution in [1.29, 1.82) is 0 Å². The van der Waals surface area contributed by atoms with E-state index in [0.29, 0.717) is 33.6 Å². The fraction of sp³-hybridized carbons (Fsp3) is 0.194. The summed E-state index contributed by atoms with van der Waals surface area (Å²) >= 11 is 1.38.